The molecule has 0 bridgehead atoms. The quantitative estimate of drug-likeness (QED) is 0.426. The first-order valence-electron chi connectivity index (χ1n) is 12.0. The molecule has 7 nitrogen and oxygen atoms in total. The summed E-state index contributed by atoms with van der Waals surface area (Å²) in [4.78, 5) is 11.1. The zero-order chi connectivity index (χ0) is 24.1. The van der Waals surface area contributed by atoms with Gasteiger partial charge >= 0.3 is 0 Å². The largest absolute Gasteiger partial charge is 0.491 e. The number of hydrogen-bond donors (Lipinski definition) is 2. The van der Waals surface area contributed by atoms with Crippen molar-refractivity contribution in [1.82, 2.24) is 14.3 Å². The molecule has 0 aliphatic carbocycles. The molecule has 1 unspecified atom stereocenters. The van der Waals surface area contributed by atoms with E-state index < -0.39 is 6.10 Å². The lowest BCUT2D eigenvalue weighted by Gasteiger charge is -2.25. The van der Waals surface area contributed by atoms with Gasteiger partial charge in [0, 0.05) is 40.8 Å². The Balaban J connectivity index is 1.71. The highest BCUT2D eigenvalue weighted by molar-refractivity contribution is 7.06. The van der Waals surface area contributed by atoms with Gasteiger partial charge < -0.3 is 19.9 Å². The van der Waals surface area contributed by atoms with Crippen LogP contribution in [0.4, 0.5) is 5.82 Å². The molecule has 1 aliphatic heterocycles. The number of aliphatic hydroxyl groups excluding tert-OH is 1. The molecule has 1 aromatic carbocycles. The molecular weight excluding hydrogens is 448 g/mol. The van der Waals surface area contributed by atoms with Crippen LogP contribution in [0.25, 0.3) is 22.6 Å². The summed E-state index contributed by atoms with van der Waals surface area (Å²) < 4.78 is 15.9. The van der Waals surface area contributed by atoms with Crippen LogP contribution in [0, 0.1) is 20.8 Å². The van der Waals surface area contributed by atoms with Crippen molar-refractivity contribution in [3.8, 4) is 28.4 Å². The normalized spacial score (nSPS) is 15.3. The molecule has 0 amide bonds. The molecule has 2 aromatic heterocycles. The summed E-state index contributed by atoms with van der Waals surface area (Å²) >= 11 is 1.50. The van der Waals surface area contributed by atoms with Crippen LogP contribution in [0.2, 0.25) is 0 Å². The molecule has 4 rings (SSSR count). The first-order valence-corrected chi connectivity index (χ1v) is 12.8. The van der Waals surface area contributed by atoms with Crippen LogP contribution in [-0.4, -0.2) is 51.4 Å². The summed E-state index contributed by atoms with van der Waals surface area (Å²) in [7, 11) is 0. The minimum Gasteiger partial charge on any atom is -0.491 e. The summed E-state index contributed by atoms with van der Waals surface area (Å²) in [6, 6.07) is 8.09. The van der Waals surface area contributed by atoms with Gasteiger partial charge in [0.25, 0.3) is 0 Å². The number of hydrogen-bond acceptors (Lipinski definition) is 8. The number of aromatic nitrogens is 3. The van der Waals surface area contributed by atoms with Crippen LogP contribution in [0.3, 0.4) is 0 Å². The lowest BCUT2D eigenvalue weighted by atomic mass is 10.0. The van der Waals surface area contributed by atoms with E-state index >= 15 is 0 Å². The number of benzene rings is 1. The van der Waals surface area contributed by atoms with Crippen molar-refractivity contribution in [2.45, 2.75) is 65.5 Å². The molecule has 1 atom stereocenters. The lowest BCUT2D eigenvalue weighted by Crippen LogP contribution is -2.28. The van der Waals surface area contributed by atoms with Crippen LogP contribution in [-0.2, 0) is 4.74 Å². The number of rotatable bonds is 9. The highest BCUT2D eigenvalue weighted by Gasteiger charge is 2.22. The van der Waals surface area contributed by atoms with Crippen molar-refractivity contribution in [2.24, 2.45) is 0 Å². The predicted octanol–water partition coefficient (Wildman–Crippen LogP) is 5.32. The molecule has 3 aromatic rings. The van der Waals surface area contributed by atoms with E-state index in [9.17, 15) is 5.11 Å². The monoisotopic (exact) mass is 482 g/mol. The number of aryl methyl sites for hydroxylation is 2. The van der Waals surface area contributed by atoms with Gasteiger partial charge in [-0.3, -0.25) is 0 Å². The first kappa shape index (κ1) is 24.6. The molecule has 2 N–H and O–H groups in total. The summed E-state index contributed by atoms with van der Waals surface area (Å²) in [5, 5.41) is 13.7. The van der Waals surface area contributed by atoms with Crippen LogP contribution in [0.1, 0.15) is 48.7 Å². The highest BCUT2D eigenvalue weighted by atomic mass is 32.1. The third-order valence-corrected chi connectivity index (χ3v) is 6.98. The van der Waals surface area contributed by atoms with Crippen LogP contribution in [0.15, 0.2) is 24.3 Å². The maximum atomic E-state index is 10.0. The predicted molar refractivity (Wildman–Crippen MR) is 137 cm³/mol. The fourth-order valence-electron chi connectivity index (χ4n) is 4.22. The molecule has 1 saturated heterocycles. The molecule has 0 saturated carbocycles. The topological polar surface area (TPSA) is 89.4 Å². The van der Waals surface area contributed by atoms with Gasteiger partial charge in [0.15, 0.2) is 5.82 Å². The van der Waals surface area contributed by atoms with Crippen LogP contribution >= 0.6 is 11.5 Å². The Morgan fingerprint density at radius 3 is 2.71 bits per heavy atom. The molecule has 0 spiro atoms. The second-order valence-electron chi connectivity index (χ2n) is 8.88. The average molecular weight is 483 g/mol. The Morgan fingerprint density at radius 1 is 1.21 bits per heavy atom. The minimum atomic E-state index is -0.469. The zero-order valence-corrected chi connectivity index (χ0v) is 21.2. The van der Waals surface area contributed by atoms with Gasteiger partial charge in [-0.1, -0.05) is 25.5 Å². The highest BCUT2D eigenvalue weighted by Crippen LogP contribution is 2.35. The van der Waals surface area contributed by atoms with Gasteiger partial charge in [-0.15, -0.1) is 0 Å². The SMILES string of the molecule is CCCC(O)COc1cccc(-c2nc(NC3CCOCC3)c(C)c(-c3c(C)nsc3C)n2)c1. The van der Waals surface area contributed by atoms with E-state index in [0.29, 0.717) is 17.6 Å². The van der Waals surface area contributed by atoms with Gasteiger partial charge in [-0.05, 0) is 63.7 Å². The van der Waals surface area contributed by atoms with Crippen molar-refractivity contribution in [1.29, 1.82) is 0 Å². The lowest BCUT2D eigenvalue weighted by molar-refractivity contribution is 0.0904. The van der Waals surface area contributed by atoms with Gasteiger partial charge in [-0.2, -0.15) is 4.37 Å². The standard InChI is InChI=1S/C26H34N4O3S/c1-5-7-21(31)15-33-22-9-6-8-19(14-22)26-28-24(23-17(3)30-34-18(23)4)16(2)25(29-26)27-20-10-12-32-13-11-20/h6,8-9,14,20-21,31H,5,7,10-13,15H2,1-4H3,(H,27,28,29). The van der Waals surface area contributed by atoms with Crippen LogP contribution < -0.4 is 10.1 Å². The molecule has 0 radical (unpaired) electrons. The number of aliphatic hydroxyl groups is 1. The van der Waals surface area contributed by atoms with Gasteiger partial charge in [0.05, 0.1) is 17.5 Å². The van der Waals surface area contributed by atoms with E-state index in [2.05, 4.69) is 30.5 Å². The van der Waals surface area contributed by atoms with Crippen LogP contribution in [0.5, 0.6) is 5.75 Å². The van der Waals surface area contributed by atoms with Gasteiger partial charge in [0.2, 0.25) is 0 Å². The minimum absolute atomic E-state index is 0.271. The van der Waals surface area contributed by atoms with Crippen molar-refractivity contribution >= 4 is 17.4 Å². The van der Waals surface area contributed by atoms with Crippen molar-refractivity contribution in [3.63, 3.8) is 0 Å². The van der Waals surface area contributed by atoms with Crippen molar-refractivity contribution in [3.05, 3.63) is 40.4 Å². The molecular formula is C26H34N4O3S. The number of ether oxygens (including phenoxy) is 2. The van der Waals surface area contributed by atoms with E-state index in [0.717, 1.165) is 77.7 Å². The third-order valence-electron chi connectivity index (χ3n) is 6.13. The maximum absolute atomic E-state index is 10.0. The number of nitrogens with one attached hydrogen (secondary N) is 1. The Kier molecular flexibility index (Phi) is 8.13. The Labute approximate surface area is 205 Å². The van der Waals surface area contributed by atoms with Gasteiger partial charge in [-0.25, -0.2) is 9.97 Å². The number of anilines is 1. The zero-order valence-electron chi connectivity index (χ0n) is 20.4. The smallest absolute Gasteiger partial charge is 0.162 e. The first-order chi connectivity index (χ1) is 16.5. The Morgan fingerprint density at radius 2 is 2.00 bits per heavy atom. The molecule has 182 valence electrons. The van der Waals surface area contributed by atoms with Crippen molar-refractivity contribution in [2.75, 3.05) is 25.1 Å². The van der Waals surface area contributed by atoms with E-state index in [1.54, 1.807) is 0 Å². The molecule has 8 heteroatoms. The summed E-state index contributed by atoms with van der Waals surface area (Å²) in [5.74, 6) is 2.18. The Bertz CT molecular complexity index is 1090. The van der Waals surface area contributed by atoms with E-state index in [-0.39, 0.29) is 6.61 Å². The van der Waals surface area contributed by atoms with Crippen molar-refractivity contribution < 1.29 is 14.6 Å². The fourth-order valence-corrected chi connectivity index (χ4v) is 4.92. The van der Waals surface area contributed by atoms with E-state index in [4.69, 9.17) is 19.4 Å². The average Bonchev–Trinajstić information content (AvgIpc) is 3.18. The molecule has 1 aliphatic rings. The molecule has 3 heterocycles. The molecule has 34 heavy (non-hydrogen) atoms. The molecule has 1 fully saturated rings. The fraction of sp³-hybridized carbons (Fsp3) is 0.500. The second kappa shape index (κ2) is 11.3. The van der Waals surface area contributed by atoms with E-state index in [1.807, 2.05) is 31.2 Å². The summed E-state index contributed by atoms with van der Waals surface area (Å²) in [6.07, 6.45) is 3.08. The second-order valence-corrected chi connectivity index (χ2v) is 9.86. The summed E-state index contributed by atoms with van der Waals surface area (Å²) in [5.41, 5.74) is 4.87. The third kappa shape index (κ3) is 5.74. The number of nitrogens with zero attached hydrogens (tertiary/aromatic N) is 3. The Hall–Kier alpha value is -2.55. The van der Waals surface area contributed by atoms with Gasteiger partial charge in [0.1, 0.15) is 18.2 Å². The van der Waals surface area contributed by atoms with E-state index in [1.165, 1.54) is 11.5 Å². The summed E-state index contributed by atoms with van der Waals surface area (Å²) in [6.45, 7) is 10.0. The maximum Gasteiger partial charge on any atom is 0.162 e.